The number of carbonyl (C=O) groups is 2. The van der Waals surface area contributed by atoms with E-state index in [1.54, 1.807) is 82.3 Å². The van der Waals surface area contributed by atoms with Crippen molar-refractivity contribution in [3.63, 3.8) is 0 Å². The van der Waals surface area contributed by atoms with E-state index < -0.39 is 34.0 Å². The Morgan fingerprint density at radius 3 is 2.33 bits per heavy atom. The molecule has 0 aliphatic rings. The van der Waals surface area contributed by atoms with Gasteiger partial charge in [-0.15, -0.1) is 0 Å². The fraction of sp³-hybridized carbons (Fsp3) is 0.250. The van der Waals surface area contributed by atoms with Crippen molar-refractivity contribution in [1.29, 1.82) is 0 Å². The molecule has 9 nitrogen and oxygen atoms in total. The van der Waals surface area contributed by atoms with Crippen LogP contribution in [0.15, 0.2) is 82.8 Å². The van der Waals surface area contributed by atoms with E-state index in [2.05, 4.69) is 10.5 Å². The van der Waals surface area contributed by atoms with Gasteiger partial charge in [0.05, 0.1) is 16.8 Å². The third kappa shape index (κ3) is 8.83. The van der Waals surface area contributed by atoms with E-state index in [1.165, 1.54) is 24.4 Å². The standard InChI is InChI=1S/C28H30ClN3O6S/c1-20-10-13-22(29)16-25(20)32(39(35,36)24-8-6-5-7-9-24)18-26(33)31-30-17-21-11-14-23(15-12-21)37-19-27(34)38-28(2,3)4/h5-17H,18-19H2,1-4H3,(H,31,33)/b30-17-. The SMILES string of the molecule is Cc1ccc(Cl)cc1N(CC(=O)N/N=C\c1ccc(OCC(=O)OC(C)(C)C)cc1)S(=O)(=O)c1ccccc1. The van der Waals surface area contributed by atoms with Crippen LogP contribution in [0.2, 0.25) is 5.02 Å². The number of nitrogens with one attached hydrogen (secondary N) is 1. The van der Waals surface area contributed by atoms with Gasteiger partial charge in [0.15, 0.2) is 6.61 Å². The van der Waals surface area contributed by atoms with Crippen molar-refractivity contribution in [2.24, 2.45) is 5.10 Å². The second-order valence-corrected chi connectivity index (χ2v) is 11.8. The molecule has 206 valence electrons. The summed E-state index contributed by atoms with van der Waals surface area (Å²) < 4.78 is 38.5. The van der Waals surface area contributed by atoms with Crippen molar-refractivity contribution in [3.05, 3.63) is 88.9 Å². The zero-order valence-electron chi connectivity index (χ0n) is 22.0. The molecule has 0 aromatic heterocycles. The maximum atomic E-state index is 13.4. The summed E-state index contributed by atoms with van der Waals surface area (Å²) in [7, 11) is -4.08. The lowest BCUT2D eigenvalue weighted by Crippen LogP contribution is -2.40. The van der Waals surface area contributed by atoms with E-state index in [4.69, 9.17) is 21.1 Å². The van der Waals surface area contributed by atoms with Crippen LogP contribution < -0.4 is 14.5 Å². The fourth-order valence-corrected chi connectivity index (χ4v) is 5.04. The van der Waals surface area contributed by atoms with Gasteiger partial charge in [-0.25, -0.2) is 18.6 Å². The van der Waals surface area contributed by atoms with Gasteiger partial charge in [0, 0.05) is 5.02 Å². The number of benzene rings is 3. The zero-order valence-corrected chi connectivity index (χ0v) is 23.6. The van der Waals surface area contributed by atoms with Gasteiger partial charge in [0.25, 0.3) is 15.9 Å². The monoisotopic (exact) mass is 571 g/mol. The van der Waals surface area contributed by atoms with Gasteiger partial charge >= 0.3 is 5.97 Å². The van der Waals surface area contributed by atoms with E-state index in [0.717, 1.165) is 4.31 Å². The number of ether oxygens (including phenoxy) is 2. The number of carbonyl (C=O) groups excluding carboxylic acids is 2. The van der Waals surface area contributed by atoms with Crippen molar-refractivity contribution in [1.82, 2.24) is 5.43 Å². The number of halogens is 1. The van der Waals surface area contributed by atoms with Crippen LogP contribution in [-0.2, 0) is 24.3 Å². The smallest absolute Gasteiger partial charge is 0.344 e. The van der Waals surface area contributed by atoms with Gasteiger partial charge in [-0.1, -0.05) is 35.9 Å². The lowest BCUT2D eigenvalue weighted by Gasteiger charge is -2.25. The summed E-state index contributed by atoms with van der Waals surface area (Å²) in [6.07, 6.45) is 1.40. The summed E-state index contributed by atoms with van der Waals surface area (Å²) in [6.45, 7) is 6.31. The van der Waals surface area contributed by atoms with Gasteiger partial charge in [-0.3, -0.25) is 9.10 Å². The Hall–Kier alpha value is -3.89. The first-order chi connectivity index (χ1) is 18.3. The molecule has 11 heteroatoms. The van der Waals surface area contributed by atoms with E-state index in [-0.39, 0.29) is 17.2 Å². The van der Waals surface area contributed by atoms with Gasteiger partial charge in [-0.05, 0) is 87.4 Å². The van der Waals surface area contributed by atoms with Gasteiger partial charge in [0.2, 0.25) is 0 Å². The molecule has 1 amide bonds. The minimum Gasteiger partial charge on any atom is -0.482 e. The van der Waals surface area contributed by atoms with Crippen LogP contribution in [0, 0.1) is 6.92 Å². The van der Waals surface area contributed by atoms with Crippen molar-refractivity contribution in [2.75, 3.05) is 17.5 Å². The van der Waals surface area contributed by atoms with Crippen LogP contribution in [0.3, 0.4) is 0 Å². The van der Waals surface area contributed by atoms with E-state index >= 15 is 0 Å². The molecule has 0 aliphatic carbocycles. The minimum absolute atomic E-state index is 0.0367. The molecular weight excluding hydrogens is 542 g/mol. The first-order valence-electron chi connectivity index (χ1n) is 12.0. The molecular formula is C28H30ClN3O6S. The predicted octanol–water partition coefficient (Wildman–Crippen LogP) is 4.71. The average Bonchev–Trinajstić information content (AvgIpc) is 2.88. The quantitative estimate of drug-likeness (QED) is 0.214. The minimum atomic E-state index is -4.08. The zero-order chi connectivity index (χ0) is 28.6. The molecule has 1 N–H and O–H groups in total. The van der Waals surface area contributed by atoms with Crippen molar-refractivity contribution in [2.45, 2.75) is 38.2 Å². The topological polar surface area (TPSA) is 114 Å². The van der Waals surface area contributed by atoms with Gasteiger partial charge in [-0.2, -0.15) is 5.10 Å². The molecule has 0 unspecified atom stereocenters. The molecule has 0 aliphatic heterocycles. The van der Waals surface area contributed by atoms with Crippen LogP contribution in [0.4, 0.5) is 5.69 Å². The highest BCUT2D eigenvalue weighted by atomic mass is 35.5. The number of nitrogens with zero attached hydrogens (tertiary/aromatic N) is 2. The maximum absolute atomic E-state index is 13.4. The summed E-state index contributed by atoms with van der Waals surface area (Å²) in [5, 5.41) is 4.27. The lowest BCUT2D eigenvalue weighted by atomic mass is 10.2. The van der Waals surface area contributed by atoms with E-state index in [9.17, 15) is 18.0 Å². The first-order valence-corrected chi connectivity index (χ1v) is 13.8. The van der Waals surface area contributed by atoms with Crippen LogP contribution in [0.1, 0.15) is 31.9 Å². The van der Waals surface area contributed by atoms with E-state index in [1.807, 2.05) is 0 Å². The third-order valence-corrected chi connectivity index (χ3v) is 7.13. The average molecular weight is 572 g/mol. The lowest BCUT2D eigenvalue weighted by molar-refractivity contribution is -0.157. The second-order valence-electron chi connectivity index (χ2n) is 9.49. The summed E-state index contributed by atoms with van der Waals surface area (Å²) in [5.41, 5.74) is 3.32. The summed E-state index contributed by atoms with van der Waals surface area (Å²) in [5.74, 6) is -0.671. The molecule has 0 radical (unpaired) electrons. The molecule has 0 saturated heterocycles. The normalized spacial score (nSPS) is 11.7. The number of hydrazone groups is 1. The number of aryl methyl sites for hydroxylation is 1. The first kappa shape index (κ1) is 29.7. The Morgan fingerprint density at radius 2 is 1.69 bits per heavy atom. The van der Waals surface area contributed by atoms with Crippen LogP contribution in [-0.4, -0.2) is 45.3 Å². The number of amides is 1. The van der Waals surface area contributed by atoms with Crippen molar-refractivity contribution >= 4 is 45.4 Å². The van der Waals surface area contributed by atoms with Crippen LogP contribution in [0.5, 0.6) is 5.75 Å². The highest BCUT2D eigenvalue weighted by Crippen LogP contribution is 2.29. The summed E-state index contributed by atoms with van der Waals surface area (Å²) in [6, 6.07) is 19.3. The number of rotatable bonds is 10. The molecule has 0 atom stereocenters. The fourth-order valence-electron chi connectivity index (χ4n) is 3.38. The number of hydrogen-bond donors (Lipinski definition) is 1. The van der Waals surface area contributed by atoms with Crippen LogP contribution in [0.25, 0.3) is 0 Å². The largest absolute Gasteiger partial charge is 0.482 e. The summed E-state index contributed by atoms with van der Waals surface area (Å²) in [4.78, 5) is 24.6. The van der Waals surface area contributed by atoms with Gasteiger partial charge in [0.1, 0.15) is 17.9 Å². The van der Waals surface area contributed by atoms with Crippen molar-refractivity contribution in [3.8, 4) is 5.75 Å². The Morgan fingerprint density at radius 1 is 1.03 bits per heavy atom. The van der Waals surface area contributed by atoms with E-state index in [0.29, 0.717) is 21.9 Å². The molecule has 3 aromatic rings. The number of anilines is 1. The Balaban J connectivity index is 1.67. The second kappa shape index (κ2) is 12.8. The highest BCUT2D eigenvalue weighted by molar-refractivity contribution is 7.92. The van der Waals surface area contributed by atoms with Gasteiger partial charge < -0.3 is 9.47 Å². The molecule has 0 spiro atoms. The number of hydrogen-bond acceptors (Lipinski definition) is 7. The van der Waals surface area contributed by atoms with Crippen molar-refractivity contribution < 1.29 is 27.5 Å². The summed E-state index contributed by atoms with van der Waals surface area (Å²) >= 11 is 6.14. The number of esters is 1. The van der Waals surface area contributed by atoms with Crippen LogP contribution >= 0.6 is 11.6 Å². The number of sulfonamides is 1. The molecule has 39 heavy (non-hydrogen) atoms. The predicted molar refractivity (Wildman–Crippen MR) is 151 cm³/mol. The molecule has 3 rings (SSSR count). The highest BCUT2D eigenvalue weighted by Gasteiger charge is 2.28. The molecule has 0 fully saturated rings. The Kier molecular flexibility index (Phi) is 9.71. The molecule has 0 heterocycles. The molecule has 0 saturated carbocycles. The Labute approximate surface area is 233 Å². The molecule has 3 aromatic carbocycles. The Bertz CT molecular complexity index is 1440. The maximum Gasteiger partial charge on any atom is 0.344 e. The molecule has 0 bridgehead atoms. The third-order valence-electron chi connectivity index (χ3n) is 5.12.